The first-order chi connectivity index (χ1) is 9.81. The molecule has 0 fully saturated rings. The molecule has 1 amide bonds. The molecule has 0 aromatic carbocycles. The summed E-state index contributed by atoms with van der Waals surface area (Å²) in [6, 6.07) is 0. The van der Waals surface area contributed by atoms with Crippen LogP contribution in [-0.4, -0.2) is 29.1 Å². The fraction of sp³-hybridized carbons (Fsp3) is 0.417. The molecule has 7 nitrogen and oxygen atoms in total. The van der Waals surface area contributed by atoms with E-state index < -0.39 is 15.9 Å². The van der Waals surface area contributed by atoms with E-state index in [1.54, 1.807) is 26.4 Å². The van der Waals surface area contributed by atoms with Crippen molar-refractivity contribution in [2.45, 2.75) is 31.6 Å². The summed E-state index contributed by atoms with van der Waals surface area (Å²) in [4.78, 5) is 15.9. The van der Waals surface area contributed by atoms with Crippen LogP contribution in [0.3, 0.4) is 0 Å². The number of nitrogens with zero attached hydrogens (tertiary/aromatic N) is 3. The Bertz CT molecular complexity index is 748. The van der Waals surface area contributed by atoms with Gasteiger partial charge in [-0.1, -0.05) is 0 Å². The number of aryl methyl sites for hydroxylation is 3. The van der Waals surface area contributed by atoms with Gasteiger partial charge in [-0.05, 0) is 20.3 Å². The van der Waals surface area contributed by atoms with Gasteiger partial charge in [-0.3, -0.25) is 9.48 Å². The van der Waals surface area contributed by atoms with Gasteiger partial charge in [0.1, 0.15) is 4.90 Å². The Labute approximate surface area is 127 Å². The minimum absolute atomic E-state index is 0.0620. The van der Waals surface area contributed by atoms with Crippen LogP contribution in [0.15, 0.2) is 15.8 Å². The van der Waals surface area contributed by atoms with E-state index in [1.807, 2.05) is 5.38 Å². The molecule has 0 unspecified atom stereocenters. The summed E-state index contributed by atoms with van der Waals surface area (Å²) in [5.74, 6) is -0.550. The minimum atomic E-state index is -3.89. The van der Waals surface area contributed by atoms with Gasteiger partial charge in [0.2, 0.25) is 5.91 Å². The van der Waals surface area contributed by atoms with Crippen molar-refractivity contribution in [2.75, 3.05) is 0 Å². The van der Waals surface area contributed by atoms with Crippen LogP contribution in [0.1, 0.15) is 23.5 Å². The molecule has 2 aromatic rings. The number of carbonyl (C=O) groups is 1. The van der Waals surface area contributed by atoms with Gasteiger partial charge in [0.15, 0.2) is 0 Å². The molecular formula is C12H16N4O3S2. The lowest BCUT2D eigenvalue weighted by Crippen LogP contribution is -2.31. The van der Waals surface area contributed by atoms with Gasteiger partial charge in [0.05, 0.1) is 22.6 Å². The van der Waals surface area contributed by atoms with E-state index in [9.17, 15) is 13.2 Å². The van der Waals surface area contributed by atoms with E-state index in [0.29, 0.717) is 17.8 Å². The fourth-order valence-corrected chi connectivity index (χ4v) is 4.05. The zero-order valence-electron chi connectivity index (χ0n) is 12.0. The Kier molecular flexibility index (Phi) is 4.43. The number of aromatic nitrogens is 3. The third-order valence-electron chi connectivity index (χ3n) is 3.05. The number of sulfonamides is 1. The van der Waals surface area contributed by atoms with E-state index in [-0.39, 0.29) is 11.3 Å². The highest BCUT2D eigenvalue weighted by Gasteiger charge is 2.25. The fourth-order valence-electron chi connectivity index (χ4n) is 2.00. The van der Waals surface area contributed by atoms with E-state index in [1.165, 1.54) is 16.0 Å². The van der Waals surface area contributed by atoms with Crippen LogP contribution in [0, 0.1) is 13.8 Å². The molecule has 0 spiro atoms. The number of carbonyl (C=O) groups excluding carboxylic acids is 1. The molecule has 114 valence electrons. The molecule has 2 aromatic heterocycles. The first-order valence-corrected chi connectivity index (χ1v) is 8.67. The van der Waals surface area contributed by atoms with E-state index in [0.717, 1.165) is 5.69 Å². The maximum absolute atomic E-state index is 12.3. The lowest BCUT2D eigenvalue weighted by molar-refractivity contribution is -0.119. The Morgan fingerprint density at radius 3 is 2.67 bits per heavy atom. The molecule has 0 saturated heterocycles. The molecule has 0 radical (unpaired) electrons. The number of hydrogen-bond acceptors (Lipinski definition) is 6. The first-order valence-electron chi connectivity index (χ1n) is 6.24. The summed E-state index contributed by atoms with van der Waals surface area (Å²) in [6.45, 7) is 3.25. The third-order valence-corrected chi connectivity index (χ3v) is 5.31. The largest absolute Gasteiger partial charge is 0.274 e. The Morgan fingerprint density at radius 1 is 1.43 bits per heavy atom. The lowest BCUT2D eigenvalue weighted by atomic mass is 10.2. The second kappa shape index (κ2) is 5.94. The molecule has 9 heteroatoms. The van der Waals surface area contributed by atoms with Crippen LogP contribution in [0.4, 0.5) is 0 Å². The van der Waals surface area contributed by atoms with Crippen molar-refractivity contribution < 1.29 is 13.2 Å². The maximum atomic E-state index is 12.3. The summed E-state index contributed by atoms with van der Waals surface area (Å²) in [6.07, 6.45) is 0.483. The van der Waals surface area contributed by atoms with Gasteiger partial charge in [-0.25, -0.2) is 18.1 Å². The summed E-state index contributed by atoms with van der Waals surface area (Å²) in [5, 5.41) is 5.88. The highest BCUT2D eigenvalue weighted by molar-refractivity contribution is 7.90. The van der Waals surface area contributed by atoms with E-state index in [2.05, 4.69) is 14.8 Å². The van der Waals surface area contributed by atoms with Crippen molar-refractivity contribution in [1.29, 1.82) is 0 Å². The number of rotatable bonds is 5. The van der Waals surface area contributed by atoms with Gasteiger partial charge in [0.25, 0.3) is 10.0 Å². The van der Waals surface area contributed by atoms with Crippen molar-refractivity contribution in [3.8, 4) is 0 Å². The maximum Gasteiger partial charge on any atom is 0.267 e. The summed E-state index contributed by atoms with van der Waals surface area (Å²) >= 11 is 1.44. The topological polar surface area (TPSA) is 94.0 Å². The smallest absolute Gasteiger partial charge is 0.267 e. The van der Waals surface area contributed by atoms with Crippen LogP contribution in [0.5, 0.6) is 0 Å². The molecule has 0 aliphatic carbocycles. The molecule has 0 aliphatic heterocycles. The zero-order valence-corrected chi connectivity index (χ0v) is 13.6. The van der Waals surface area contributed by atoms with Gasteiger partial charge in [-0.15, -0.1) is 11.3 Å². The van der Waals surface area contributed by atoms with Crippen molar-refractivity contribution in [3.63, 3.8) is 0 Å². The number of amides is 1. The van der Waals surface area contributed by atoms with Crippen LogP contribution in [0.25, 0.3) is 0 Å². The molecule has 0 bridgehead atoms. The molecule has 0 atom stereocenters. The van der Waals surface area contributed by atoms with E-state index in [4.69, 9.17) is 0 Å². The lowest BCUT2D eigenvalue weighted by Gasteiger charge is -2.07. The average molecular weight is 328 g/mol. The molecule has 1 N–H and O–H groups in total. The molecule has 2 heterocycles. The quantitative estimate of drug-likeness (QED) is 0.881. The monoisotopic (exact) mass is 328 g/mol. The molecule has 0 saturated carbocycles. The first kappa shape index (κ1) is 15.6. The standard InChI is InChI=1S/C12H16N4O3S2/c1-8-12(9(2)16(3)14-8)21(18,19)15-11(17)5-4-10-6-20-7-13-10/h6-7H,4-5H2,1-3H3,(H,15,17). The van der Waals surface area contributed by atoms with E-state index >= 15 is 0 Å². The zero-order chi connectivity index (χ0) is 15.6. The van der Waals surface area contributed by atoms with Crippen molar-refractivity contribution in [1.82, 2.24) is 19.5 Å². The SMILES string of the molecule is Cc1nn(C)c(C)c1S(=O)(=O)NC(=O)CCc1cscn1. The highest BCUT2D eigenvalue weighted by atomic mass is 32.2. The summed E-state index contributed by atoms with van der Waals surface area (Å²) in [7, 11) is -2.23. The number of nitrogens with one attached hydrogen (secondary N) is 1. The van der Waals surface area contributed by atoms with Crippen LogP contribution in [-0.2, 0) is 28.3 Å². The summed E-state index contributed by atoms with van der Waals surface area (Å²) in [5.41, 5.74) is 3.31. The van der Waals surface area contributed by atoms with Crippen molar-refractivity contribution in [3.05, 3.63) is 28.0 Å². The second-order valence-electron chi connectivity index (χ2n) is 4.63. The normalized spacial score (nSPS) is 11.6. The van der Waals surface area contributed by atoms with Gasteiger partial charge in [-0.2, -0.15) is 5.10 Å². The Hall–Kier alpha value is -1.74. The average Bonchev–Trinajstić information content (AvgIpc) is 2.96. The molecule has 21 heavy (non-hydrogen) atoms. The second-order valence-corrected chi connectivity index (χ2v) is 6.97. The predicted octanol–water partition coefficient (Wildman–Crippen LogP) is 0.931. The predicted molar refractivity (Wildman–Crippen MR) is 78.4 cm³/mol. The number of thiazole rings is 1. The van der Waals surface area contributed by atoms with Crippen molar-refractivity contribution in [2.24, 2.45) is 7.05 Å². The van der Waals surface area contributed by atoms with Crippen molar-refractivity contribution >= 4 is 27.3 Å². The molecule has 0 aliphatic rings. The Morgan fingerprint density at radius 2 is 2.14 bits per heavy atom. The third kappa shape index (κ3) is 3.48. The van der Waals surface area contributed by atoms with Gasteiger partial charge < -0.3 is 0 Å². The van der Waals surface area contributed by atoms with Crippen LogP contribution in [0.2, 0.25) is 0 Å². The van der Waals surface area contributed by atoms with Gasteiger partial charge >= 0.3 is 0 Å². The Balaban J connectivity index is 2.08. The highest BCUT2D eigenvalue weighted by Crippen LogP contribution is 2.18. The molecule has 2 rings (SSSR count). The minimum Gasteiger partial charge on any atom is -0.274 e. The summed E-state index contributed by atoms with van der Waals surface area (Å²) < 4.78 is 28.1. The van der Waals surface area contributed by atoms with Crippen LogP contribution >= 0.6 is 11.3 Å². The number of hydrogen-bond donors (Lipinski definition) is 1. The molecular weight excluding hydrogens is 312 g/mol. The van der Waals surface area contributed by atoms with Gasteiger partial charge in [0, 0.05) is 18.8 Å². The van der Waals surface area contributed by atoms with Crippen LogP contribution < -0.4 is 4.72 Å².